The van der Waals surface area contributed by atoms with Crippen molar-refractivity contribution in [2.45, 2.75) is 104 Å². The van der Waals surface area contributed by atoms with Gasteiger partial charge in [-0.1, -0.05) is 47.6 Å². The fourth-order valence-electron chi connectivity index (χ4n) is 5.92. The molecular formula is C35H43N11. The van der Waals surface area contributed by atoms with E-state index in [1.807, 2.05) is 24.9 Å². The quantitative estimate of drug-likeness (QED) is 0.147. The molecule has 4 atom stereocenters. The smallest absolute Gasteiger partial charge is 0.164 e. The summed E-state index contributed by atoms with van der Waals surface area (Å²) in [6.07, 6.45) is 14.4. The summed E-state index contributed by atoms with van der Waals surface area (Å²) in [5.74, 6) is 2.36. The maximum atomic E-state index is 5.11. The summed E-state index contributed by atoms with van der Waals surface area (Å²) in [6, 6.07) is 4.04. The van der Waals surface area contributed by atoms with Crippen molar-refractivity contribution in [1.29, 1.82) is 0 Å². The molecule has 0 aliphatic heterocycles. The number of pyridine rings is 1. The molecule has 0 aromatic carbocycles. The zero-order chi connectivity index (χ0) is 32.5. The van der Waals surface area contributed by atoms with E-state index in [4.69, 9.17) is 29.9 Å². The number of hydrogen-bond acceptors (Lipinski definition) is 9. The third-order valence-corrected chi connectivity index (χ3v) is 8.95. The van der Waals surface area contributed by atoms with Crippen LogP contribution in [0.25, 0.3) is 22.3 Å². The van der Waals surface area contributed by atoms with E-state index in [2.05, 4.69) is 85.5 Å². The molecular weight excluding hydrogens is 574 g/mol. The fourth-order valence-corrected chi connectivity index (χ4v) is 5.92. The molecule has 46 heavy (non-hydrogen) atoms. The Kier molecular flexibility index (Phi) is 8.84. The Labute approximate surface area is 270 Å². The van der Waals surface area contributed by atoms with Crippen LogP contribution in [-0.2, 0) is 0 Å². The number of rotatable bonds is 11. The number of nitrogens with zero attached hydrogens (tertiary/aromatic N) is 11. The number of imidazole rings is 2. The van der Waals surface area contributed by atoms with Crippen LogP contribution < -0.4 is 0 Å². The van der Waals surface area contributed by atoms with Gasteiger partial charge in [0.25, 0.3) is 0 Å². The highest BCUT2D eigenvalue weighted by molar-refractivity contribution is 5.75. The van der Waals surface area contributed by atoms with Gasteiger partial charge in [-0.3, -0.25) is 15.0 Å². The second-order valence-corrected chi connectivity index (χ2v) is 13.0. The van der Waals surface area contributed by atoms with Gasteiger partial charge in [-0.25, -0.2) is 29.9 Å². The molecule has 0 saturated carbocycles. The largest absolute Gasteiger partial charge is 0.308 e. The van der Waals surface area contributed by atoms with Crippen LogP contribution in [0.1, 0.15) is 138 Å². The minimum Gasteiger partial charge on any atom is -0.308 e. The van der Waals surface area contributed by atoms with Gasteiger partial charge in [0.1, 0.15) is 22.7 Å². The van der Waals surface area contributed by atoms with Crippen LogP contribution in [0.4, 0.5) is 0 Å². The summed E-state index contributed by atoms with van der Waals surface area (Å²) in [5.41, 5.74) is 7.34. The molecule has 0 aliphatic carbocycles. The Morgan fingerprint density at radius 1 is 0.587 bits per heavy atom. The standard InChI is InChI=1S/C35H43N11/c1-20(2)28-30-34(46(19-39-30)25(8)27-17-37-14-15-38-27)44-33(41-28)23(6)12-11-22(5)29-31-35(43-32(42-29)21(3)4)45(18-40-31)24(7)26-10-9-13-36-16-26/h9-10,13-25H,11-12H2,1-8H3. The zero-order valence-corrected chi connectivity index (χ0v) is 28.0. The number of fused-ring (bicyclic) bond motifs is 2. The average molecular weight is 618 g/mol. The Bertz CT molecular complexity index is 1930. The molecule has 0 spiro atoms. The van der Waals surface area contributed by atoms with Gasteiger partial charge in [-0.15, -0.1) is 0 Å². The summed E-state index contributed by atoms with van der Waals surface area (Å²) in [5, 5.41) is 0. The van der Waals surface area contributed by atoms with Gasteiger partial charge in [0, 0.05) is 42.5 Å². The second-order valence-electron chi connectivity index (χ2n) is 13.0. The van der Waals surface area contributed by atoms with Gasteiger partial charge in [0.2, 0.25) is 0 Å². The highest BCUT2D eigenvalue weighted by Crippen LogP contribution is 2.33. The third kappa shape index (κ3) is 5.98. The molecule has 0 aliphatic rings. The predicted octanol–water partition coefficient (Wildman–Crippen LogP) is 7.30. The normalized spacial score (nSPS) is 14.7. The maximum absolute atomic E-state index is 5.11. The van der Waals surface area contributed by atoms with E-state index in [-0.39, 0.29) is 35.8 Å². The molecule has 238 valence electrons. The van der Waals surface area contributed by atoms with Crippen LogP contribution in [0.15, 0.2) is 55.8 Å². The van der Waals surface area contributed by atoms with E-state index < -0.39 is 0 Å². The van der Waals surface area contributed by atoms with Crippen molar-refractivity contribution in [2.24, 2.45) is 0 Å². The van der Waals surface area contributed by atoms with Gasteiger partial charge in [-0.05, 0) is 44.2 Å². The Hall–Kier alpha value is -4.67. The lowest BCUT2D eigenvalue weighted by Crippen LogP contribution is -2.12. The summed E-state index contributed by atoms with van der Waals surface area (Å²) in [7, 11) is 0. The zero-order valence-electron chi connectivity index (χ0n) is 28.0. The molecule has 4 unspecified atom stereocenters. The molecule has 0 saturated heterocycles. The van der Waals surface area contributed by atoms with E-state index in [0.717, 1.165) is 69.5 Å². The van der Waals surface area contributed by atoms with Crippen molar-refractivity contribution in [1.82, 2.24) is 54.0 Å². The Morgan fingerprint density at radius 2 is 1.22 bits per heavy atom. The van der Waals surface area contributed by atoms with Crippen LogP contribution in [0.3, 0.4) is 0 Å². The lowest BCUT2D eigenvalue weighted by atomic mass is 9.94. The second kappa shape index (κ2) is 13.0. The monoisotopic (exact) mass is 617 g/mol. The van der Waals surface area contributed by atoms with Gasteiger partial charge in [0.05, 0.1) is 48.0 Å². The minimum atomic E-state index is -0.0622. The first kappa shape index (κ1) is 31.3. The Balaban J connectivity index is 1.29. The van der Waals surface area contributed by atoms with Crippen molar-refractivity contribution in [2.75, 3.05) is 0 Å². The van der Waals surface area contributed by atoms with Crippen LogP contribution >= 0.6 is 0 Å². The van der Waals surface area contributed by atoms with E-state index in [1.165, 1.54) is 0 Å². The summed E-state index contributed by atoms with van der Waals surface area (Å²) < 4.78 is 4.22. The van der Waals surface area contributed by atoms with E-state index >= 15 is 0 Å². The molecule has 6 aromatic heterocycles. The summed E-state index contributed by atoms with van der Waals surface area (Å²) in [6.45, 7) is 17.3. The Morgan fingerprint density at radius 3 is 1.85 bits per heavy atom. The highest BCUT2D eigenvalue weighted by Gasteiger charge is 2.25. The number of aromatic nitrogens is 11. The van der Waals surface area contributed by atoms with Crippen molar-refractivity contribution >= 4 is 22.3 Å². The summed E-state index contributed by atoms with van der Waals surface area (Å²) in [4.78, 5) is 43.0. The van der Waals surface area contributed by atoms with E-state index in [9.17, 15) is 0 Å². The molecule has 6 heterocycles. The molecule has 0 N–H and O–H groups in total. The molecule has 6 rings (SSSR count). The van der Waals surface area contributed by atoms with Crippen LogP contribution in [0.5, 0.6) is 0 Å². The first-order chi connectivity index (χ1) is 22.1. The van der Waals surface area contributed by atoms with E-state index in [0.29, 0.717) is 0 Å². The van der Waals surface area contributed by atoms with Crippen LogP contribution in [-0.4, -0.2) is 54.0 Å². The molecule has 6 aromatic rings. The minimum absolute atomic E-state index is 0.0455. The molecule has 0 fully saturated rings. The highest BCUT2D eigenvalue weighted by atomic mass is 15.2. The van der Waals surface area contributed by atoms with E-state index in [1.54, 1.807) is 24.8 Å². The summed E-state index contributed by atoms with van der Waals surface area (Å²) >= 11 is 0. The van der Waals surface area contributed by atoms with Gasteiger partial charge >= 0.3 is 0 Å². The van der Waals surface area contributed by atoms with Gasteiger partial charge in [0.15, 0.2) is 11.3 Å². The van der Waals surface area contributed by atoms with Crippen LogP contribution in [0.2, 0.25) is 0 Å². The number of hydrogen-bond donors (Lipinski definition) is 0. The maximum Gasteiger partial charge on any atom is 0.164 e. The lowest BCUT2D eigenvalue weighted by molar-refractivity contribution is 0.544. The molecule has 11 heteroatoms. The lowest BCUT2D eigenvalue weighted by Gasteiger charge is -2.19. The van der Waals surface area contributed by atoms with Gasteiger partial charge in [-0.2, -0.15) is 0 Å². The molecule has 0 amide bonds. The molecule has 0 radical (unpaired) electrons. The topological polar surface area (TPSA) is 126 Å². The molecule has 0 bridgehead atoms. The first-order valence-electron chi connectivity index (χ1n) is 16.3. The van der Waals surface area contributed by atoms with Crippen molar-refractivity contribution in [3.63, 3.8) is 0 Å². The average Bonchev–Trinajstić information content (AvgIpc) is 3.71. The first-order valence-corrected chi connectivity index (χ1v) is 16.3. The third-order valence-electron chi connectivity index (χ3n) is 8.95. The van der Waals surface area contributed by atoms with Crippen molar-refractivity contribution in [3.05, 3.63) is 90.1 Å². The van der Waals surface area contributed by atoms with Crippen molar-refractivity contribution in [3.8, 4) is 0 Å². The van der Waals surface area contributed by atoms with Crippen molar-refractivity contribution < 1.29 is 0 Å². The fraction of sp³-hybridized carbons (Fsp3) is 0.457. The predicted molar refractivity (Wildman–Crippen MR) is 179 cm³/mol. The van der Waals surface area contributed by atoms with Gasteiger partial charge < -0.3 is 9.13 Å². The SMILES string of the molecule is CC(C)c1nc(C(C)CCC(C)c2nc(C(C)C)c3ncn(C(C)c4cnccn4)c3n2)c2ncn(C(C)c3cccnc3)c2n1. The van der Waals surface area contributed by atoms with Crippen LogP contribution in [0, 0.1) is 0 Å². The molecule has 11 nitrogen and oxygen atoms in total.